The molecule has 0 spiro atoms. The van der Waals surface area contributed by atoms with Crippen molar-refractivity contribution in [2.75, 3.05) is 4.90 Å². The zero-order valence-corrected chi connectivity index (χ0v) is 15.2. The monoisotopic (exact) mass is 395 g/mol. The number of hydrogen-bond donors (Lipinski definition) is 1. The molecule has 0 saturated carbocycles. The van der Waals surface area contributed by atoms with Gasteiger partial charge in [0.2, 0.25) is 5.78 Å². The van der Waals surface area contributed by atoms with Crippen LogP contribution in [0.25, 0.3) is 0 Å². The topological polar surface area (TPSA) is 70.7 Å². The number of ketones is 1. The van der Waals surface area contributed by atoms with E-state index in [2.05, 4.69) is 0 Å². The van der Waals surface area contributed by atoms with Crippen LogP contribution in [0.3, 0.4) is 0 Å². The molecule has 0 saturated heterocycles. The fraction of sp³-hybridized carbons (Fsp3) is 0.0909. The van der Waals surface area contributed by atoms with Crippen LogP contribution < -0.4 is 4.90 Å². The minimum atomic E-state index is -1.15. The first-order valence-electron chi connectivity index (χ1n) is 8.75. The lowest BCUT2D eigenvalue weighted by molar-refractivity contribution is -0.117. The lowest BCUT2D eigenvalue weighted by Gasteiger charge is -2.28. The van der Waals surface area contributed by atoms with E-state index in [0.717, 1.165) is 22.6 Å². The smallest absolute Gasteiger partial charge is 0.294 e. The quantitative estimate of drug-likeness (QED) is 0.653. The normalized spacial score (nSPS) is 16.6. The highest BCUT2D eigenvalue weighted by Gasteiger charge is 2.45. The molecule has 7 heteroatoms. The number of carbonyl (C=O) groups is 2. The maximum atomic E-state index is 13.9. The number of hydrogen-bond acceptors (Lipinski definition) is 4. The summed E-state index contributed by atoms with van der Waals surface area (Å²) in [4.78, 5) is 27.0. The summed E-state index contributed by atoms with van der Waals surface area (Å²) in [6.07, 6.45) is 1.30. The van der Waals surface area contributed by atoms with Crippen LogP contribution in [0.5, 0.6) is 0 Å². The van der Waals surface area contributed by atoms with Gasteiger partial charge in [-0.1, -0.05) is 24.3 Å². The summed E-state index contributed by atoms with van der Waals surface area (Å²) in [5, 5.41) is 10.6. The fourth-order valence-corrected chi connectivity index (χ4v) is 3.47. The molecule has 146 valence electrons. The Bertz CT molecular complexity index is 1150. The molecular formula is C22H15F2NO4. The highest BCUT2D eigenvalue weighted by molar-refractivity contribution is 6.20. The molecule has 5 nitrogen and oxygen atoms in total. The number of nitrogens with zero attached hydrogens (tertiary/aromatic N) is 1. The molecule has 4 rings (SSSR count). The van der Waals surface area contributed by atoms with E-state index in [-0.39, 0.29) is 17.0 Å². The van der Waals surface area contributed by atoms with E-state index in [1.54, 1.807) is 31.2 Å². The van der Waals surface area contributed by atoms with E-state index in [0.29, 0.717) is 5.56 Å². The van der Waals surface area contributed by atoms with Crippen LogP contribution in [-0.4, -0.2) is 16.8 Å². The van der Waals surface area contributed by atoms with Crippen molar-refractivity contribution in [2.24, 2.45) is 0 Å². The molecule has 0 fully saturated rings. The number of furan rings is 1. The van der Waals surface area contributed by atoms with Crippen LogP contribution in [0, 0.1) is 18.6 Å². The van der Waals surface area contributed by atoms with Gasteiger partial charge in [-0.05, 0) is 42.3 Å². The Morgan fingerprint density at radius 3 is 2.48 bits per heavy atom. The lowest BCUT2D eigenvalue weighted by Crippen LogP contribution is -2.31. The van der Waals surface area contributed by atoms with E-state index in [1.807, 2.05) is 0 Å². The van der Waals surface area contributed by atoms with Crippen molar-refractivity contribution in [1.82, 2.24) is 0 Å². The zero-order chi connectivity index (χ0) is 20.7. The summed E-state index contributed by atoms with van der Waals surface area (Å²) >= 11 is 0. The Balaban J connectivity index is 1.92. The summed E-state index contributed by atoms with van der Waals surface area (Å²) in [5.41, 5.74) is 1.13. The first-order chi connectivity index (χ1) is 13.9. The van der Waals surface area contributed by atoms with E-state index >= 15 is 0 Å². The molecule has 1 aliphatic rings. The highest BCUT2D eigenvalue weighted by Crippen LogP contribution is 2.43. The Hall–Kier alpha value is -3.74. The number of anilines is 1. The van der Waals surface area contributed by atoms with Gasteiger partial charge in [0, 0.05) is 11.8 Å². The number of benzene rings is 2. The number of carbonyl (C=O) groups excluding carboxylic acids is 2. The SMILES string of the molecule is Cc1ccccc1C1C(C(=O)c2ccco2)=C(O)C(=O)N1c1ccc(F)c(F)c1. The number of amides is 1. The molecule has 2 heterocycles. The first kappa shape index (κ1) is 18.6. The summed E-state index contributed by atoms with van der Waals surface area (Å²) < 4.78 is 32.5. The Morgan fingerprint density at radius 2 is 1.83 bits per heavy atom. The largest absolute Gasteiger partial charge is 0.503 e. The number of halogens is 2. The van der Waals surface area contributed by atoms with Crippen molar-refractivity contribution in [1.29, 1.82) is 0 Å². The second kappa shape index (κ2) is 7.01. The van der Waals surface area contributed by atoms with Gasteiger partial charge in [-0.3, -0.25) is 14.5 Å². The van der Waals surface area contributed by atoms with Gasteiger partial charge in [0.1, 0.15) is 0 Å². The van der Waals surface area contributed by atoms with Gasteiger partial charge < -0.3 is 9.52 Å². The summed E-state index contributed by atoms with van der Waals surface area (Å²) in [6.45, 7) is 1.79. The molecule has 0 aliphatic carbocycles. The maximum Gasteiger partial charge on any atom is 0.294 e. The zero-order valence-electron chi connectivity index (χ0n) is 15.2. The Kier molecular flexibility index (Phi) is 4.50. The van der Waals surface area contributed by atoms with Gasteiger partial charge in [0.15, 0.2) is 23.2 Å². The molecule has 3 aromatic rings. The number of Topliss-reactive ketones (excluding diaryl/α,β-unsaturated/α-hetero) is 1. The van der Waals surface area contributed by atoms with Crippen LogP contribution in [0.15, 0.2) is 76.6 Å². The summed E-state index contributed by atoms with van der Waals surface area (Å²) in [6, 6.07) is 11.8. The Morgan fingerprint density at radius 1 is 1.07 bits per heavy atom. The third-order valence-electron chi connectivity index (χ3n) is 4.86. The summed E-state index contributed by atoms with van der Waals surface area (Å²) in [7, 11) is 0. The minimum absolute atomic E-state index is 0.0101. The molecule has 29 heavy (non-hydrogen) atoms. The van der Waals surface area contributed by atoms with Crippen molar-refractivity contribution in [2.45, 2.75) is 13.0 Å². The maximum absolute atomic E-state index is 13.9. The molecular weight excluding hydrogens is 380 g/mol. The van der Waals surface area contributed by atoms with Crippen molar-refractivity contribution in [3.63, 3.8) is 0 Å². The van der Waals surface area contributed by atoms with Gasteiger partial charge in [-0.15, -0.1) is 0 Å². The Labute approximate surface area is 164 Å². The number of rotatable bonds is 4. The van der Waals surface area contributed by atoms with Crippen molar-refractivity contribution >= 4 is 17.4 Å². The van der Waals surface area contributed by atoms with E-state index in [4.69, 9.17) is 4.42 Å². The molecule has 1 atom stereocenters. The minimum Gasteiger partial charge on any atom is -0.503 e. The number of aliphatic hydroxyl groups excluding tert-OH is 1. The van der Waals surface area contributed by atoms with Crippen LogP contribution >= 0.6 is 0 Å². The predicted octanol–water partition coefficient (Wildman–Crippen LogP) is 4.65. The third-order valence-corrected chi connectivity index (χ3v) is 4.86. The van der Waals surface area contributed by atoms with Crippen molar-refractivity contribution < 1.29 is 27.9 Å². The van der Waals surface area contributed by atoms with Crippen LogP contribution in [0.4, 0.5) is 14.5 Å². The van der Waals surface area contributed by atoms with Gasteiger partial charge in [-0.2, -0.15) is 0 Å². The molecule has 1 aromatic heterocycles. The molecule has 0 radical (unpaired) electrons. The second-order valence-corrected chi connectivity index (χ2v) is 6.60. The van der Waals surface area contributed by atoms with Crippen molar-refractivity contribution in [3.8, 4) is 0 Å². The van der Waals surface area contributed by atoms with Crippen LogP contribution in [-0.2, 0) is 4.79 Å². The van der Waals surface area contributed by atoms with Gasteiger partial charge in [0.25, 0.3) is 5.91 Å². The highest BCUT2D eigenvalue weighted by atomic mass is 19.2. The molecule has 1 aliphatic heterocycles. The van der Waals surface area contributed by atoms with Crippen molar-refractivity contribution in [3.05, 3.63) is 101 Å². The summed E-state index contributed by atoms with van der Waals surface area (Å²) in [5.74, 6) is -4.59. The average molecular weight is 395 g/mol. The van der Waals surface area contributed by atoms with E-state index in [9.17, 15) is 23.5 Å². The molecule has 1 N–H and O–H groups in total. The standard InChI is InChI=1S/C22H15F2NO4/c1-12-5-2-3-6-14(12)19-18(20(26)17-7-4-10-29-17)21(27)22(28)25(19)13-8-9-15(23)16(24)11-13/h2-11,19,27H,1H3. The molecule has 1 unspecified atom stereocenters. The van der Waals surface area contributed by atoms with E-state index in [1.165, 1.54) is 24.5 Å². The van der Waals surface area contributed by atoms with Crippen LogP contribution in [0.1, 0.15) is 27.7 Å². The van der Waals surface area contributed by atoms with Crippen LogP contribution in [0.2, 0.25) is 0 Å². The predicted molar refractivity (Wildman–Crippen MR) is 100 cm³/mol. The second-order valence-electron chi connectivity index (χ2n) is 6.60. The van der Waals surface area contributed by atoms with Gasteiger partial charge >= 0.3 is 0 Å². The first-order valence-corrected chi connectivity index (χ1v) is 8.75. The number of aryl methyl sites for hydroxylation is 1. The molecule has 2 aromatic carbocycles. The molecule has 0 bridgehead atoms. The van der Waals surface area contributed by atoms with Gasteiger partial charge in [-0.25, -0.2) is 8.78 Å². The van der Waals surface area contributed by atoms with E-state index < -0.39 is 35.1 Å². The molecule has 1 amide bonds. The lowest BCUT2D eigenvalue weighted by atomic mass is 9.92. The van der Waals surface area contributed by atoms with Gasteiger partial charge in [0.05, 0.1) is 17.9 Å². The average Bonchev–Trinajstić information content (AvgIpc) is 3.32. The fourth-order valence-electron chi connectivity index (χ4n) is 3.47. The third kappa shape index (κ3) is 3.00. The number of aliphatic hydroxyl groups is 1.